The van der Waals surface area contributed by atoms with Gasteiger partial charge in [0.15, 0.2) is 11.5 Å². The zero-order valence-electron chi connectivity index (χ0n) is 19.0. The van der Waals surface area contributed by atoms with E-state index in [2.05, 4.69) is 5.32 Å². The number of hydrogen-bond donors (Lipinski definition) is 1. The Morgan fingerprint density at radius 3 is 2.27 bits per heavy atom. The van der Waals surface area contributed by atoms with Crippen LogP contribution in [0.1, 0.15) is 6.92 Å². The monoisotopic (exact) mass is 496 g/mol. The largest absolute Gasteiger partial charge is 0.495 e. The molecular weight excluding hydrogens is 468 g/mol. The summed E-state index contributed by atoms with van der Waals surface area (Å²) in [7, 11) is 0.719. The van der Waals surface area contributed by atoms with Crippen molar-refractivity contribution < 1.29 is 32.2 Å². The molecule has 1 atom stereocenters. The van der Waals surface area contributed by atoms with E-state index in [1.54, 1.807) is 39.3 Å². The van der Waals surface area contributed by atoms with Crippen LogP contribution >= 0.6 is 11.8 Å². The molecule has 1 aliphatic rings. The van der Waals surface area contributed by atoms with Gasteiger partial charge in [0.05, 0.1) is 39.8 Å². The Morgan fingerprint density at radius 1 is 1.00 bits per heavy atom. The minimum atomic E-state index is -3.80. The first kappa shape index (κ1) is 25.2. The van der Waals surface area contributed by atoms with Crippen LogP contribution in [0.4, 0.5) is 5.69 Å². The maximum Gasteiger partial charge on any atom is 0.246 e. The number of hydrogen-bond acceptors (Lipinski definition) is 8. The first-order chi connectivity index (χ1) is 15.8. The number of rotatable bonds is 9. The van der Waals surface area contributed by atoms with Gasteiger partial charge in [-0.2, -0.15) is 4.31 Å². The number of morpholine rings is 1. The van der Waals surface area contributed by atoms with Crippen molar-refractivity contribution in [1.29, 1.82) is 0 Å². The number of benzene rings is 2. The number of carbonyl (C=O) groups is 1. The normalized spacial score (nSPS) is 15.5. The highest BCUT2D eigenvalue weighted by Crippen LogP contribution is 2.34. The van der Waals surface area contributed by atoms with Gasteiger partial charge >= 0.3 is 0 Å². The molecule has 0 aromatic heterocycles. The summed E-state index contributed by atoms with van der Waals surface area (Å²) in [5.41, 5.74) is 0.368. The third-order valence-electron chi connectivity index (χ3n) is 5.06. The average Bonchev–Trinajstić information content (AvgIpc) is 2.84. The summed E-state index contributed by atoms with van der Waals surface area (Å²) in [6.07, 6.45) is 0. The second-order valence-corrected chi connectivity index (χ2v) is 10.5. The van der Waals surface area contributed by atoms with Gasteiger partial charge in [-0.05, 0) is 43.3 Å². The van der Waals surface area contributed by atoms with E-state index in [-0.39, 0.29) is 29.6 Å². The van der Waals surface area contributed by atoms with E-state index >= 15 is 0 Å². The summed E-state index contributed by atoms with van der Waals surface area (Å²) in [5, 5.41) is 2.35. The molecule has 0 radical (unpaired) electrons. The molecule has 0 bridgehead atoms. The van der Waals surface area contributed by atoms with Gasteiger partial charge in [0, 0.05) is 23.7 Å². The Kier molecular flexibility index (Phi) is 8.46. The van der Waals surface area contributed by atoms with Gasteiger partial charge in [0.2, 0.25) is 15.9 Å². The fourth-order valence-electron chi connectivity index (χ4n) is 3.27. The Hall–Kier alpha value is -2.47. The van der Waals surface area contributed by atoms with Gasteiger partial charge in [0.25, 0.3) is 0 Å². The molecule has 9 nitrogen and oxygen atoms in total. The highest BCUT2D eigenvalue weighted by atomic mass is 32.2. The second kappa shape index (κ2) is 11.1. The van der Waals surface area contributed by atoms with Crippen LogP contribution < -0.4 is 19.5 Å². The van der Waals surface area contributed by atoms with Crippen molar-refractivity contribution in [2.75, 3.05) is 52.9 Å². The van der Waals surface area contributed by atoms with Crippen LogP contribution in [0, 0.1) is 0 Å². The molecule has 0 unspecified atom stereocenters. The molecule has 0 saturated carbocycles. The lowest BCUT2D eigenvalue weighted by atomic mass is 10.3. The van der Waals surface area contributed by atoms with Gasteiger partial charge in [-0.1, -0.05) is 0 Å². The predicted octanol–water partition coefficient (Wildman–Crippen LogP) is 2.85. The summed E-state index contributed by atoms with van der Waals surface area (Å²) in [4.78, 5) is 13.7. The molecule has 0 spiro atoms. The molecule has 33 heavy (non-hydrogen) atoms. The van der Waals surface area contributed by atoms with Crippen LogP contribution in [-0.4, -0.2) is 71.5 Å². The third-order valence-corrected chi connectivity index (χ3v) is 8.07. The third kappa shape index (κ3) is 5.91. The van der Waals surface area contributed by atoms with E-state index < -0.39 is 15.3 Å². The summed E-state index contributed by atoms with van der Waals surface area (Å²) >= 11 is 1.35. The molecule has 1 N–H and O–H groups in total. The summed E-state index contributed by atoms with van der Waals surface area (Å²) < 4.78 is 48.7. The summed E-state index contributed by atoms with van der Waals surface area (Å²) in [5.74, 6) is 1.12. The van der Waals surface area contributed by atoms with E-state index in [1.807, 2.05) is 6.07 Å². The molecule has 1 fully saturated rings. The Labute approximate surface area is 198 Å². The van der Waals surface area contributed by atoms with Crippen LogP contribution in [0.5, 0.6) is 17.2 Å². The van der Waals surface area contributed by atoms with Crippen molar-refractivity contribution in [3.63, 3.8) is 0 Å². The van der Waals surface area contributed by atoms with Crippen molar-refractivity contribution in [2.45, 2.75) is 22.0 Å². The van der Waals surface area contributed by atoms with Gasteiger partial charge < -0.3 is 24.3 Å². The lowest BCUT2D eigenvalue weighted by molar-refractivity contribution is -0.115. The maximum atomic E-state index is 13.1. The van der Waals surface area contributed by atoms with E-state index in [1.165, 1.54) is 35.3 Å². The van der Waals surface area contributed by atoms with E-state index in [9.17, 15) is 13.2 Å². The fourth-order valence-corrected chi connectivity index (χ4v) is 5.76. The number of methoxy groups -OCH3 is 3. The zero-order valence-corrected chi connectivity index (χ0v) is 20.6. The SMILES string of the molecule is COc1ccc(S[C@H](C)C(=O)Nc2ccc(OC)c(S(=O)(=O)N3CCOCC3)c2)cc1OC. The number of nitrogens with one attached hydrogen (secondary N) is 1. The predicted molar refractivity (Wildman–Crippen MR) is 126 cm³/mol. The van der Waals surface area contributed by atoms with Gasteiger partial charge in [0.1, 0.15) is 10.6 Å². The van der Waals surface area contributed by atoms with E-state index in [0.29, 0.717) is 30.4 Å². The molecule has 2 aromatic rings. The Bertz CT molecular complexity index is 1090. The van der Waals surface area contributed by atoms with Crippen molar-refractivity contribution in [3.8, 4) is 17.2 Å². The lowest BCUT2D eigenvalue weighted by Crippen LogP contribution is -2.40. The number of sulfonamides is 1. The van der Waals surface area contributed by atoms with E-state index in [4.69, 9.17) is 18.9 Å². The van der Waals surface area contributed by atoms with Crippen molar-refractivity contribution in [2.24, 2.45) is 0 Å². The van der Waals surface area contributed by atoms with Crippen LogP contribution in [0.2, 0.25) is 0 Å². The molecule has 2 aromatic carbocycles. The average molecular weight is 497 g/mol. The number of carbonyl (C=O) groups excluding carboxylic acids is 1. The number of amides is 1. The number of thioether (sulfide) groups is 1. The van der Waals surface area contributed by atoms with Crippen LogP contribution in [0.15, 0.2) is 46.2 Å². The zero-order chi connectivity index (χ0) is 24.0. The maximum absolute atomic E-state index is 13.1. The summed E-state index contributed by atoms with van der Waals surface area (Å²) in [6, 6.07) is 10.00. The summed E-state index contributed by atoms with van der Waals surface area (Å²) in [6.45, 7) is 2.97. The molecule has 3 rings (SSSR count). The Morgan fingerprint density at radius 2 is 1.64 bits per heavy atom. The number of anilines is 1. The minimum absolute atomic E-state index is 0.00453. The van der Waals surface area contributed by atoms with Crippen molar-refractivity contribution >= 4 is 33.4 Å². The van der Waals surface area contributed by atoms with Crippen LogP contribution in [-0.2, 0) is 19.6 Å². The molecule has 1 amide bonds. The van der Waals surface area contributed by atoms with Crippen LogP contribution in [0.3, 0.4) is 0 Å². The van der Waals surface area contributed by atoms with Gasteiger partial charge in [-0.15, -0.1) is 11.8 Å². The van der Waals surface area contributed by atoms with Crippen LogP contribution in [0.25, 0.3) is 0 Å². The molecular formula is C22H28N2O7S2. The molecule has 11 heteroatoms. The first-order valence-electron chi connectivity index (χ1n) is 10.3. The second-order valence-electron chi connectivity index (χ2n) is 7.15. The first-order valence-corrected chi connectivity index (χ1v) is 12.6. The highest BCUT2D eigenvalue weighted by Gasteiger charge is 2.30. The fraction of sp³-hybridized carbons (Fsp3) is 0.409. The number of ether oxygens (including phenoxy) is 4. The standard InChI is InChI=1S/C22H28N2O7S2/c1-15(32-17-6-8-18(28-2)20(14-17)30-4)22(25)23-16-5-7-19(29-3)21(13-16)33(26,27)24-9-11-31-12-10-24/h5-8,13-15H,9-12H2,1-4H3,(H,23,25)/t15-/m1/s1. The minimum Gasteiger partial charge on any atom is -0.495 e. The van der Waals surface area contributed by atoms with Crippen molar-refractivity contribution in [1.82, 2.24) is 4.31 Å². The molecule has 1 aliphatic heterocycles. The Balaban J connectivity index is 1.76. The topological polar surface area (TPSA) is 103 Å². The molecule has 1 heterocycles. The molecule has 180 valence electrons. The van der Waals surface area contributed by atoms with Crippen molar-refractivity contribution in [3.05, 3.63) is 36.4 Å². The highest BCUT2D eigenvalue weighted by molar-refractivity contribution is 8.00. The molecule has 1 saturated heterocycles. The van der Waals surface area contributed by atoms with Gasteiger partial charge in [-0.3, -0.25) is 4.79 Å². The number of nitrogens with zero attached hydrogens (tertiary/aromatic N) is 1. The smallest absolute Gasteiger partial charge is 0.246 e. The van der Waals surface area contributed by atoms with E-state index in [0.717, 1.165) is 4.90 Å². The lowest BCUT2D eigenvalue weighted by Gasteiger charge is -2.27. The van der Waals surface area contributed by atoms with Gasteiger partial charge in [-0.25, -0.2) is 8.42 Å². The molecule has 0 aliphatic carbocycles. The quantitative estimate of drug-likeness (QED) is 0.529.